The number of fused-ring (bicyclic) bond motifs is 1. The van der Waals surface area contributed by atoms with Crippen LogP contribution in [0.3, 0.4) is 0 Å². The van der Waals surface area contributed by atoms with Crippen molar-refractivity contribution in [2.45, 2.75) is 50.6 Å². The first-order valence-electron chi connectivity index (χ1n) is 8.35. The smallest absolute Gasteiger partial charge is 0.315 e. The van der Waals surface area contributed by atoms with Gasteiger partial charge in [-0.1, -0.05) is 6.07 Å². The minimum atomic E-state index is -0.0446. The number of aromatic nitrogens is 1. The van der Waals surface area contributed by atoms with E-state index in [1.54, 1.807) is 0 Å². The minimum absolute atomic E-state index is 0.0446. The Morgan fingerprint density at radius 3 is 3.05 bits per heavy atom. The van der Waals surface area contributed by atoms with Gasteiger partial charge in [-0.2, -0.15) is 0 Å². The molecule has 1 aromatic heterocycles. The summed E-state index contributed by atoms with van der Waals surface area (Å²) in [4.78, 5) is 16.8. The minimum Gasteiger partial charge on any atom is -0.381 e. The Morgan fingerprint density at radius 2 is 2.18 bits per heavy atom. The third kappa shape index (κ3) is 2.58. The molecule has 22 heavy (non-hydrogen) atoms. The maximum Gasteiger partial charge on any atom is 0.315 e. The molecule has 1 saturated heterocycles. The van der Waals surface area contributed by atoms with Gasteiger partial charge in [0.2, 0.25) is 0 Å². The largest absolute Gasteiger partial charge is 0.381 e. The number of hydrogen-bond acceptors (Lipinski definition) is 3. The van der Waals surface area contributed by atoms with Crippen LogP contribution in [-0.2, 0) is 11.2 Å². The maximum absolute atomic E-state index is 12.3. The van der Waals surface area contributed by atoms with Crippen molar-refractivity contribution in [3.63, 3.8) is 0 Å². The van der Waals surface area contributed by atoms with Gasteiger partial charge in [0, 0.05) is 25.5 Å². The first kappa shape index (κ1) is 14.0. The van der Waals surface area contributed by atoms with Crippen LogP contribution in [0.25, 0.3) is 0 Å². The molecule has 2 N–H and O–H groups in total. The van der Waals surface area contributed by atoms with Crippen LogP contribution >= 0.6 is 0 Å². The van der Waals surface area contributed by atoms with E-state index in [9.17, 15) is 4.79 Å². The molecule has 1 aliphatic heterocycles. The van der Waals surface area contributed by atoms with Gasteiger partial charge >= 0.3 is 6.03 Å². The zero-order valence-electron chi connectivity index (χ0n) is 12.8. The normalized spacial score (nSPS) is 28.7. The molecule has 1 spiro atoms. The Morgan fingerprint density at radius 1 is 1.32 bits per heavy atom. The van der Waals surface area contributed by atoms with Crippen molar-refractivity contribution in [1.29, 1.82) is 0 Å². The van der Waals surface area contributed by atoms with E-state index in [4.69, 9.17) is 4.74 Å². The number of ether oxygens (including phenoxy) is 1. The van der Waals surface area contributed by atoms with Gasteiger partial charge in [0.25, 0.3) is 0 Å². The lowest BCUT2D eigenvalue weighted by atomic mass is 9.92. The van der Waals surface area contributed by atoms with E-state index in [2.05, 4.69) is 21.7 Å². The number of nitrogens with zero attached hydrogens (tertiary/aromatic N) is 1. The molecule has 1 saturated carbocycles. The lowest BCUT2D eigenvalue weighted by Crippen LogP contribution is -2.42. The Balaban J connectivity index is 1.36. The van der Waals surface area contributed by atoms with Crippen LogP contribution in [-0.4, -0.2) is 30.3 Å². The quantitative estimate of drug-likeness (QED) is 0.881. The molecule has 0 aromatic carbocycles. The molecule has 2 heterocycles. The number of aryl methyl sites for hydroxylation is 1. The fourth-order valence-electron chi connectivity index (χ4n) is 3.99. The first-order chi connectivity index (χ1) is 10.8. The van der Waals surface area contributed by atoms with Gasteiger partial charge in [-0.05, 0) is 55.6 Å². The zero-order valence-corrected chi connectivity index (χ0v) is 12.8. The van der Waals surface area contributed by atoms with E-state index in [0.29, 0.717) is 11.5 Å². The zero-order chi connectivity index (χ0) is 15.0. The summed E-state index contributed by atoms with van der Waals surface area (Å²) in [6.07, 6.45) is 8.21. The molecule has 1 unspecified atom stereocenters. The number of carbonyl (C=O) groups is 1. The van der Waals surface area contributed by atoms with Crippen LogP contribution < -0.4 is 10.6 Å². The number of carbonyl (C=O) groups excluding carboxylic acids is 1. The third-order valence-electron chi connectivity index (χ3n) is 5.48. The predicted octanol–water partition coefficient (Wildman–Crippen LogP) is 2.33. The maximum atomic E-state index is 12.3. The average molecular weight is 301 g/mol. The predicted molar refractivity (Wildman–Crippen MR) is 82.5 cm³/mol. The van der Waals surface area contributed by atoms with Crippen LogP contribution in [0, 0.1) is 5.41 Å². The van der Waals surface area contributed by atoms with Crippen LogP contribution in [0.2, 0.25) is 0 Å². The number of urea groups is 1. The highest BCUT2D eigenvalue weighted by Crippen LogP contribution is 2.53. The van der Waals surface area contributed by atoms with Gasteiger partial charge in [0.1, 0.15) is 0 Å². The molecule has 0 radical (unpaired) electrons. The Labute approximate surface area is 130 Å². The van der Waals surface area contributed by atoms with Crippen molar-refractivity contribution in [3.8, 4) is 0 Å². The molecule has 3 aliphatic rings. The molecule has 2 fully saturated rings. The topological polar surface area (TPSA) is 63.2 Å². The van der Waals surface area contributed by atoms with E-state index in [1.807, 2.05) is 12.3 Å². The highest BCUT2D eigenvalue weighted by Gasteiger charge is 2.55. The van der Waals surface area contributed by atoms with Crippen molar-refractivity contribution in [1.82, 2.24) is 15.6 Å². The number of nitrogens with one attached hydrogen (secondary N) is 2. The molecular weight excluding hydrogens is 278 g/mol. The van der Waals surface area contributed by atoms with E-state index in [0.717, 1.165) is 57.4 Å². The van der Waals surface area contributed by atoms with Gasteiger partial charge in [-0.3, -0.25) is 4.98 Å². The molecule has 2 amide bonds. The molecule has 118 valence electrons. The number of rotatable bonds is 2. The second-order valence-electron chi connectivity index (χ2n) is 6.84. The Bertz CT molecular complexity index is 569. The number of pyridine rings is 1. The van der Waals surface area contributed by atoms with Gasteiger partial charge in [0.05, 0.1) is 11.7 Å². The van der Waals surface area contributed by atoms with Crippen molar-refractivity contribution >= 4 is 6.03 Å². The summed E-state index contributed by atoms with van der Waals surface area (Å²) in [5.74, 6) is 0. The summed E-state index contributed by atoms with van der Waals surface area (Å²) in [5, 5.41) is 6.28. The molecule has 5 nitrogen and oxygen atoms in total. The van der Waals surface area contributed by atoms with Gasteiger partial charge < -0.3 is 15.4 Å². The molecule has 2 aliphatic carbocycles. The first-order valence-corrected chi connectivity index (χ1v) is 8.35. The lowest BCUT2D eigenvalue weighted by Gasteiger charge is -2.26. The van der Waals surface area contributed by atoms with E-state index in [1.165, 1.54) is 5.56 Å². The number of hydrogen-bond donors (Lipinski definition) is 2. The standard InChI is InChI=1S/C17H23N3O2/c21-16(20-14-11-17(14)6-9-22-10-7-17)19-13-5-1-3-12-4-2-8-18-15(12)13/h2,4,8,13-14H,1,3,5-7,9-11H2,(H2,19,20,21)/t13-,14?/m1/s1. The number of amides is 2. The summed E-state index contributed by atoms with van der Waals surface area (Å²) < 4.78 is 5.42. The molecular formula is C17H23N3O2. The summed E-state index contributed by atoms with van der Waals surface area (Å²) in [6.45, 7) is 1.67. The monoisotopic (exact) mass is 301 g/mol. The van der Waals surface area contributed by atoms with E-state index in [-0.39, 0.29) is 12.1 Å². The van der Waals surface area contributed by atoms with E-state index < -0.39 is 0 Å². The molecule has 1 aromatic rings. The van der Waals surface area contributed by atoms with Crippen molar-refractivity contribution < 1.29 is 9.53 Å². The second-order valence-corrected chi connectivity index (χ2v) is 6.84. The fraction of sp³-hybridized carbons (Fsp3) is 0.647. The van der Waals surface area contributed by atoms with Crippen LogP contribution in [0.4, 0.5) is 4.79 Å². The fourth-order valence-corrected chi connectivity index (χ4v) is 3.99. The van der Waals surface area contributed by atoms with Crippen molar-refractivity contribution in [2.24, 2.45) is 5.41 Å². The molecule has 2 atom stereocenters. The summed E-state index contributed by atoms with van der Waals surface area (Å²) in [7, 11) is 0. The highest BCUT2D eigenvalue weighted by atomic mass is 16.5. The Hall–Kier alpha value is -1.62. The van der Waals surface area contributed by atoms with E-state index >= 15 is 0 Å². The van der Waals surface area contributed by atoms with Gasteiger partial charge in [-0.15, -0.1) is 0 Å². The summed E-state index contributed by atoms with van der Waals surface area (Å²) in [5.41, 5.74) is 2.63. The van der Waals surface area contributed by atoms with Gasteiger partial charge in [-0.25, -0.2) is 4.79 Å². The summed E-state index contributed by atoms with van der Waals surface area (Å²) >= 11 is 0. The van der Waals surface area contributed by atoms with Crippen LogP contribution in [0.1, 0.15) is 49.4 Å². The summed E-state index contributed by atoms with van der Waals surface area (Å²) in [6, 6.07) is 4.42. The van der Waals surface area contributed by atoms with Crippen molar-refractivity contribution in [3.05, 3.63) is 29.6 Å². The second kappa shape index (κ2) is 5.54. The Kier molecular flexibility index (Phi) is 3.53. The molecule has 0 bridgehead atoms. The molecule has 5 heteroatoms. The lowest BCUT2D eigenvalue weighted by molar-refractivity contribution is 0.0547. The average Bonchev–Trinajstić information content (AvgIpc) is 3.19. The highest BCUT2D eigenvalue weighted by molar-refractivity contribution is 5.75. The van der Waals surface area contributed by atoms with Crippen LogP contribution in [0.5, 0.6) is 0 Å². The van der Waals surface area contributed by atoms with Crippen molar-refractivity contribution in [2.75, 3.05) is 13.2 Å². The SMILES string of the molecule is O=C(NC1CC12CCOCC2)N[C@@H]1CCCc2cccnc21. The molecule has 4 rings (SSSR count). The third-order valence-corrected chi connectivity index (χ3v) is 5.48. The van der Waals surface area contributed by atoms with Gasteiger partial charge in [0.15, 0.2) is 0 Å². The van der Waals surface area contributed by atoms with Crippen LogP contribution in [0.15, 0.2) is 18.3 Å².